The molecule has 3 rings (SSSR count). The van der Waals surface area contributed by atoms with Crippen molar-refractivity contribution >= 4 is 51.0 Å². The second-order valence-electron chi connectivity index (χ2n) is 6.00. The molecule has 0 atom stereocenters. The van der Waals surface area contributed by atoms with Crippen LogP contribution in [0.2, 0.25) is 0 Å². The summed E-state index contributed by atoms with van der Waals surface area (Å²) in [6.07, 6.45) is 2.60. The summed E-state index contributed by atoms with van der Waals surface area (Å²) in [5.74, 6) is 0.00315. The molecular formula is C21H18BrN3O5S. The molecule has 0 aromatic heterocycles. The number of ether oxygens (including phenoxy) is 3. The molecular weight excluding hydrogens is 486 g/mol. The Kier molecular flexibility index (Phi) is 7.85. The highest BCUT2D eigenvalue weighted by Gasteiger charge is 2.25. The molecule has 1 saturated heterocycles. The maximum absolute atomic E-state index is 11.9. The molecule has 10 heteroatoms. The van der Waals surface area contributed by atoms with E-state index in [0.717, 1.165) is 27.9 Å². The van der Waals surface area contributed by atoms with Crippen molar-refractivity contribution < 1.29 is 23.8 Å². The Morgan fingerprint density at radius 2 is 2.00 bits per heavy atom. The molecule has 0 saturated carbocycles. The molecule has 31 heavy (non-hydrogen) atoms. The molecule has 160 valence electrons. The summed E-state index contributed by atoms with van der Waals surface area (Å²) in [6, 6.07) is 13.2. The number of methoxy groups -OCH3 is 2. The number of thioether (sulfide) groups is 1. The number of hydrogen-bond acceptors (Lipinski definition) is 8. The van der Waals surface area contributed by atoms with Gasteiger partial charge in [-0.25, -0.2) is 4.79 Å². The number of carbonyl (C=O) groups excluding carboxylic acids is 2. The van der Waals surface area contributed by atoms with Crippen LogP contribution in [0, 0.1) is 0 Å². The van der Waals surface area contributed by atoms with Crippen LogP contribution in [0.3, 0.4) is 0 Å². The number of para-hydroxylation sites is 1. The van der Waals surface area contributed by atoms with E-state index < -0.39 is 11.9 Å². The summed E-state index contributed by atoms with van der Waals surface area (Å²) in [7, 11) is 2.79. The molecule has 1 fully saturated rings. The Hall–Kier alpha value is -3.11. The zero-order valence-electron chi connectivity index (χ0n) is 16.6. The fourth-order valence-electron chi connectivity index (χ4n) is 2.50. The van der Waals surface area contributed by atoms with Gasteiger partial charge in [0.25, 0.3) is 5.91 Å². The number of nitrogens with one attached hydrogen (secondary N) is 1. The molecule has 2 aromatic rings. The zero-order chi connectivity index (χ0) is 22.2. The van der Waals surface area contributed by atoms with Gasteiger partial charge < -0.3 is 14.2 Å². The van der Waals surface area contributed by atoms with Gasteiger partial charge in [0.1, 0.15) is 6.61 Å². The van der Waals surface area contributed by atoms with Gasteiger partial charge in [0.15, 0.2) is 16.7 Å². The van der Waals surface area contributed by atoms with E-state index in [4.69, 9.17) is 9.47 Å². The van der Waals surface area contributed by atoms with E-state index in [1.165, 1.54) is 13.3 Å². The fraction of sp³-hybridized carbons (Fsp3) is 0.143. The topological polar surface area (TPSA) is 98.6 Å². The molecule has 2 aromatic carbocycles. The van der Waals surface area contributed by atoms with Gasteiger partial charge in [-0.2, -0.15) is 5.10 Å². The molecule has 0 spiro atoms. The number of halogens is 1. The zero-order valence-corrected chi connectivity index (χ0v) is 19.0. The highest BCUT2D eigenvalue weighted by Crippen LogP contribution is 2.31. The van der Waals surface area contributed by atoms with Crippen molar-refractivity contribution in [2.75, 3.05) is 14.2 Å². The minimum Gasteiger partial charge on any atom is -0.493 e. The van der Waals surface area contributed by atoms with Crippen LogP contribution in [0.25, 0.3) is 0 Å². The van der Waals surface area contributed by atoms with Gasteiger partial charge in [0, 0.05) is 21.7 Å². The third-order valence-electron chi connectivity index (χ3n) is 4.01. The number of benzene rings is 2. The van der Waals surface area contributed by atoms with Crippen molar-refractivity contribution in [2.24, 2.45) is 10.2 Å². The van der Waals surface area contributed by atoms with E-state index in [-0.39, 0.29) is 10.1 Å². The first-order valence-electron chi connectivity index (χ1n) is 8.95. The standard InChI is InChI=1S/C21H18BrN3O5S/c1-28-16-9-5-7-13(19(16)30-12-14-6-3-4-8-15(14)22)11-23-25-21-24-20(27)17(31-21)10-18(26)29-2/h3-11H,12H2,1-2H3,(H,24,25,27)/b17-10+,23-11?. The summed E-state index contributed by atoms with van der Waals surface area (Å²) < 4.78 is 16.9. The normalized spacial score (nSPS) is 16.0. The predicted octanol–water partition coefficient (Wildman–Crippen LogP) is 3.65. The summed E-state index contributed by atoms with van der Waals surface area (Å²) in [4.78, 5) is 23.4. The number of carbonyl (C=O) groups is 2. The van der Waals surface area contributed by atoms with Crippen molar-refractivity contribution in [1.29, 1.82) is 0 Å². The number of rotatable bonds is 7. The Morgan fingerprint density at radius 3 is 2.74 bits per heavy atom. The Bertz CT molecular complexity index is 1080. The lowest BCUT2D eigenvalue weighted by atomic mass is 10.2. The van der Waals surface area contributed by atoms with E-state index in [9.17, 15) is 9.59 Å². The number of amidine groups is 1. The summed E-state index contributed by atoms with van der Waals surface area (Å²) in [5.41, 5.74) is 1.63. The van der Waals surface area contributed by atoms with Gasteiger partial charge in [-0.15, -0.1) is 5.10 Å². The molecule has 1 aliphatic heterocycles. The van der Waals surface area contributed by atoms with Crippen LogP contribution in [0.5, 0.6) is 11.5 Å². The van der Waals surface area contributed by atoms with E-state index >= 15 is 0 Å². The molecule has 0 radical (unpaired) electrons. The first kappa shape index (κ1) is 22.6. The van der Waals surface area contributed by atoms with E-state index in [0.29, 0.717) is 23.7 Å². The minimum absolute atomic E-state index is 0.180. The predicted molar refractivity (Wildman–Crippen MR) is 122 cm³/mol. The van der Waals surface area contributed by atoms with Gasteiger partial charge >= 0.3 is 5.97 Å². The van der Waals surface area contributed by atoms with Gasteiger partial charge in [-0.1, -0.05) is 40.2 Å². The molecule has 1 N–H and O–H groups in total. The van der Waals surface area contributed by atoms with Crippen LogP contribution in [0.15, 0.2) is 68.1 Å². The lowest BCUT2D eigenvalue weighted by molar-refractivity contribution is -0.135. The number of amides is 1. The van der Waals surface area contributed by atoms with Crippen LogP contribution in [0.1, 0.15) is 11.1 Å². The Morgan fingerprint density at radius 1 is 1.19 bits per heavy atom. The first-order chi connectivity index (χ1) is 15.0. The Balaban J connectivity index is 1.77. The summed E-state index contributed by atoms with van der Waals surface area (Å²) >= 11 is 4.50. The lowest BCUT2D eigenvalue weighted by Crippen LogP contribution is -2.19. The van der Waals surface area contributed by atoms with E-state index in [1.54, 1.807) is 13.2 Å². The van der Waals surface area contributed by atoms with Gasteiger partial charge in [-0.05, 0) is 30.0 Å². The molecule has 1 amide bonds. The van der Waals surface area contributed by atoms with Crippen LogP contribution < -0.4 is 14.8 Å². The molecule has 0 unspecified atom stereocenters. The smallest absolute Gasteiger partial charge is 0.331 e. The third kappa shape index (κ3) is 5.96. The van der Waals surface area contributed by atoms with Crippen LogP contribution in [0.4, 0.5) is 0 Å². The highest BCUT2D eigenvalue weighted by molar-refractivity contribution is 9.10. The van der Waals surface area contributed by atoms with Gasteiger partial charge in [0.05, 0.1) is 25.3 Å². The van der Waals surface area contributed by atoms with Crippen LogP contribution in [-0.4, -0.2) is 37.5 Å². The first-order valence-corrected chi connectivity index (χ1v) is 10.6. The minimum atomic E-state index is -0.620. The van der Waals surface area contributed by atoms with E-state index in [1.807, 2.05) is 36.4 Å². The SMILES string of the molecule is COC(=O)/C=C1/S/C(=N\N=Cc2cccc(OC)c2OCc2ccccc2Br)NC1=O. The number of esters is 1. The van der Waals surface area contributed by atoms with Gasteiger partial charge in [0.2, 0.25) is 0 Å². The van der Waals surface area contributed by atoms with E-state index in [2.05, 4.69) is 36.2 Å². The van der Waals surface area contributed by atoms with Crippen molar-refractivity contribution in [3.63, 3.8) is 0 Å². The fourth-order valence-corrected chi connectivity index (χ4v) is 3.64. The van der Waals surface area contributed by atoms with Crippen molar-refractivity contribution in [2.45, 2.75) is 6.61 Å². The van der Waals surface area contributed by atoms with Gasteiger partial charge in [-0.3, -0.25) is 10.1 Å². The second-order valence-corrected chi connectivity index (χ2v) is 7.88. The van der Waals surface area contributed by atoms with Crippen molar-refractivity contribution in [1.82, 2.24) is 5.32 Å². The maximum Gasteiger partial charge on any atom is 0.331 e. The van der Waals surface area contributed by atoms with Crippen molar-refractivity contribution in [3.8, 4) is 11.5 Å². The molecule has 0 aliphatic carbocycles. The number of nitrogens with zero attached hydrogens (tertiary/aromatic N) is 2. The molecule has 1 heterocycles. The second kappa shape index (κ2) is 10.8. The maximum atomic E-state index is 11.9. The monoisotopic (exact) mass is 503 g/mol. The average Bonchev–Trinajstić information content (AvgIpc) is 3.12. The van der Waals surface area contributed by atoms with Crippen LogP contribution >= 0.6 is 27.7 Å². The van der Waals surface area contributed by atoms with Crippen LogP contribution in [-0.2, 0) is 20.9 Å². The third-order valence-corrected chi connectivity index (χ3v) is 5.68. The summed E-state index contributed by atoms with van der Waals surface area (Å²) in [6.45, 7) is 0.324. The largest absolute Gasteiger partial charge is 0.493 e. The summed E-state index contributed by atoms with van der Waals surface area (Å²) in [5, 5.41) is 10.8. The lowest BCUT2D eigenvalue weighted by Gasteiger charge is -2.13. The highest BCUT2D eigenvalue weighted by atomic mass is 79.9. The number of hydrogen-bond donors (Lipinski definition) is 1. The molecule has 0 bridgehead atoms. The quantitative estimate of drug-likeness (QED) is 0.268. The average molecular weight is 504 g/mol. The van der Waals surface area contributed by atoms with Crippen molar-refractivity contribution in [3.05, 3.63) is 69.0 Å². The Labute approximate surface area is 191 Å². The molecule has 8 nitrogen and oxygen atoms in total. The molecule has 1 aliphatic rings.